The monoisotopic (exact) mass is 478 g/mol. The number of hydrogen-bond donors (Lipinski definition) is 3. The highest BCUT2D eigenvalue weighted by Gasteiger charge is 2.30. The summed E-state index contributed by atoms with van der Waals surface area (Å²) in [6.45, 7) is 4.57. The van der Waals surface area contributed by atoms with E-state index in [1.54, 1.807) is 11.3 Å². The molecule has 0 aliphatic heterocycles. The topological polar surface area (TPSA) is 95.9 Å². The highest BCUT2D eigenvalue weighted by molar-refractivity contribution is 7.21. The summed E-state index contributed by atoms with van der Waals surface area (Å²) in [6, 6.07) is 2.75. The number of hydrogen-bond acceptors (Lipinski definition) is 8. The summed E-state index contributed by atoms with van der Waals surface area (Å²) in [4.78, 5) is 19.6. The lowest BCUT2D eigenvalue weighted by atomic mass is 9.80. The zero-order chi connectivity index (χ0) is 23.2. The summed E-state index contributed by atoms with van der Waals surface area (Å²) >= 11 is 1.71. The Morgan fingerprint density at radius 1 is 1.12 bits per heavy atom. The fourth-order valence-electron chi connectivity index (χ4n) is 5.46. The Kier molecular flexibility index (Phi) is 5.89. The fourth-order valence-corrected chi connectivity index (χ4v) is 6.53. The number of aromatic nitrogens is 4. The molecule has 180 valence electrons. The lowest BCUT2D eigenvalue weighted by molar-refractivity contribution is 0.229. The van der Waals surface area contributed by atoms with Crippen molar-refractivity contribution in [2.45, 2.75) is 83.2 Å². The van der Waals surface area contributed by atoms with Crippen LogP contribution in [0.3, 0.4) is 0 Å². The maximum absolute atomic E-state index is 9.63. The number of rotatable bonds is 8. The molecule has 34 heavy (non-hydrogen) atoms. The Labute approximate surface area is 204 Å². The molecule has 0 unspecified atom stereocenters. The van der Waals surface area contributed by atoms with Crippen LogP contribution in [-0.4, -0.2) is 43.7 Å². The minimum atomic E-state index is 0.258. The van der Waals surface area contributed by atoms with Crippen LogP contribution in [0.2, 0.25) is 0 Å². The van der Waals surface area contributed by atoms with E-state index in [0.29, 0.717) is 35.8 Å². The van der Waals surface area contributed by atoms with Gasteiger partial charge in [0.15, 0.2) is 0 Å². The summed E-state index contributed by atoms with van der Waals surface area (Å²) in [7, 11) is 0. The van der Waals surface area contributed by atoms with Crippen LogP contribution in [0.4, 0.5) is 11.8 Å². The van der Waals surface area contributed by atoms with Crippen molar-refractivity contribution in [1.29, 1.82) is 0 Å². The van der Waals surface area contributed by atoms with Gasteiger partial charge in [-0.05, 0) is 76.7 Å². The van der Waals surface area contributed by atoms with Gasteiger partial charge in [-0.3, -0.25) is 4.98 Å². The molecule has 0 bridgehead atoms. The van der Waals surface area contributed by atoms with Gasteiger partial charge >= 0.3 is 0 Å². The molecule has 3 N–H and O–H groups in total. The van der Waals surface area contributed by atoms with Crippen molar-refractivity contribution < 1.29 is 5.11 Å². The zero-order valence-electron chi connectivity index (χ0n) is 20.0. The molecule has 3 saturated carbocycles. The molecular formula is C26H34N6OS. The molecule has 6 rings (SSSR count). The molecule has 0 saturated heterocycles. The van der Waals surface area contributed by atoms with Crippen LogP contribution in [0.1, 0.15) is 75.6 Å². The van der Waals surface area contributed by atoms with Crippen LogP contribution in [0.25, 0.3) is 20.8 Å². The highest BCUT2D eigenvalue weighted by Crippen LogP contribution is 2.44. The van der Waals surface area contributed by atoms with Crippen LogP contribution >= 0.6 is 11.3 Å². The standard InChI is InChI=1S/C26H34N6OS/c1-14(17-4-3-5-17)28-26-29-15(2)21(24(32-26)30-19-9-6-16(12-19)13-33)25-31-23-20(34-25)10-11-27-22(23)18-7-8-18/h10-11,14,16-19,33H,3-9,12-13H2,1-2H3,(H2,28,29,30,32)/t14-,16-,19+/m1/s1. The third-order valence-corrected chi connectivity index (χ3v) is 9.00. The van der Waals surface area contributed by atoms with Gasteiger partial charge in [0.1, 0.15) is 16.3 Å². The Hall–Kier alpha value is -2.32. The van der Waals surface area contributed by atoms with E-state index >= 15 is 0 Å². The molecule has 3 aliphatic carbocycles. The molecule has 0 aromatic carbocycles. The number of aliphatic hydroxyl groups excluding tert-OH is 1. The molecule has 3 atom stereocenters. The fraction of sp³-hybridized carbons (Fsp3) is 0.615. The van der Waals surface area contributed by atoms with Gasteiger partial charge in [-0.25, -0.2) is 9.97 Å². The van der Waals surface area contributed by atoms with Gasteiger partial charge in [-0.2, -0.15) is 4.98 Å². The third-order valence-electron chi connectivity index (χ3n) is 7.96. The molecule has 3 heterocycles. The molecule has 8 heteroatoms. The molecular weight excluding hydrogens is 444 g/mol. The van der Waals surface area contributed by atoms with E-state index in [-0.39, 0.29) is 6.61 Å². The maximum atomic E-state index is 9.63. The number of thiazole rings is 1. The molecule has 0 radical (unpaired) electrons. The van der Waals surface area contributed by atoms with Gasteiger partial charge in [0.05, 0.1) is 21.7 Å². The number of aliphatic hydroxyl groups is 1. The van der Waals surface area contributed by atoms with E-state index in [1.807, 2.05) is 6.20 Å². The Morgan fingerprint density at radius 2 is 1.97 bits per heavy atom. The van der Waals surface area contributed by atoms with Crippen molar-refractivity contribution in [2.24, 2.45) is 11.8 Å². The van der Waals surface area contributed by atoms with Crippen LogP contribution in [0, 0.1) is 18.8 Å². The van der Waals surface area contributed by atoms with E-state index < -0.39 is 0 Å². The van der Waals surface area contributed by atoms with Crippen molar-refractivity contribution >= 4 is 33.3 Å². The Morgan fingerprint density at radius 3 is 2.68 bits per heavy atom. The van der Waals surface area contributed by atoms with Crippen molar-refractivity contribution in [3.05, 3.63) is 23.7 Å². The van der Waals surface area contributed by atoms with Crippen LogP contribution in [-0.2, 0) is 0 Å². The summed E-state index contributed by atoms with van der Waals surface area (Å²) in [5.74, 6) is 3.19. The normalized spacial score (nSPS) is 23.7. The minimum absolute atomic E-state index is 0.258. The number of fused-ring (bicyclic) bond motifs is 1. The van der Waals surface area contributed by atoms with Crippen molar-refractivity contribution in [3.8, 4) is 10.6 Å². The largest absolute Gasteiger partial charge is 0.396 e. The van der Waals surface area contributed by atoms with Gasteiger partial charge in [-0.15, -0.1) is 11.3 Å². The molecule has 3 fully saturated rings. The van der Waals surface area contributed by atoms with Gasteiger partial charge in [0.25, 0.3) is 0 Å². The van der Waals surface area contributed by atoms with Crippen LogP contribution in [0.15, 0.2) is 12.3 Å². The summed E-state index contributed by atoms with van der Waals surface area (Å²) in [6.07, 6.45) is 11.3. The smallest absolute Gasteiger partial charge is 0.225 e. The molecule has 0 spiro atoms. The summed E-state index contributed by atoms with van der Waals surface area (Å²) < 4.78 is 1.18. The Bertz CT molecular complexity index is 1190. The third kappa shape index (κ3) is 4.26. The summed E-state index contributed by atoms with van der Waals surface area (Å²) in [5.41, 5.74) is 4.12. The molecule has 7 nitrogen and oxygen atoms in total. The molecule has 3 aromatic heterocycles. The lowest BCUT2D eigenvalue weighted by Crippen LogP contribution is -2.31. The number of aryl methyl sites for hydroxylation is 1. The SMILES string of the molecule is Cc1nc(N[C@H](C)C2CCC2)nc(N[C@H]2CC[C@@H](CO)C2)c1-c1nc2c(C3CC3)nccc2s1. The lowest BCUT2D eigenvalue weighted by Gasteiger charge is -2.32. The first-order chi connectivity index (χ1) is 16.6. The van der Waals surface area contributed by atoms with Gasteiger partial charge in [-0.1, -0.05) is 6.42 Å². The predicted octanol–water partition coefficient (Wildman–Crippen LogP) is 5.51. The van der Waals surface area contributed by atoms with E-state index in [9.17, 15) is 5.11 Å². The number of anilines is 2. The van der Waals surface area contributed by atoms with Gasteiger partial charge in [0.2, 0.25) is 5.95 Å². The predicted molar refractivity (Wildman–Crippen MR) is 137 cm³/mol. The molecule has 3 aromatic rings. The second-order valence-electron chi connectivity index (χ2n) is 10.5. The maximum Gasteiger partial charge on any atom is 0.225 e. The number of pyridine rings is 1. The average Bonchev–Trinajstić information content (AvgIpc) is 3.36. The molecule has 3 aliphatic rings. The number of nitrogens with zero attached hydrogens (tertiary/aromatic N) is 4. The minimum Gasteiger partial charge on any atom is -0.396 e. The average molecular weight is 479 g/mol. The van der Waals surface area contributed by atoms with Gasteiger partial charge < -0.3 is 15.7 Å². The van der Waals surface area contributed by atoms with Crippen LogP contribution < -0.4 is 10.6 Å². The summed E-state index contributed by atoms with van der Waals surface area (Å²) in [5, 5.41) is 17.9. The van der Waals surface area contributed by atoms with E-state index in [1.165, 1.54) is 36.8 Å². The van der Waals surface area contributed by atoms with E-state index in [0.717, 1.165) is 52.6 Å². The second-order valence-corrected chi connectivity index (χ2v) is 11.6. The van der Waals surface area contributed by atoms with E-state index in [2.05, 4.69) is 35.5 Å². The van der Waals surface area contributed by atoms with Crippen LogP contribution in [0.5, 0.6) is 0 Å². The number of nitrogens with one attached hydrogen (secondary N) is 2. The quantitative estimate of drug-likeness (QED) is 0.393. The molecule has 0 amide bonds. The zero-order valence-corrected chi connectivity index (χ0v) is 20.9. The first-order valence-electron chi connectivity index (χ1n) is 12.9. The highest BCUT2D eigenvalue weighted by atomic mass is 32.1. The van der Waals surface area contributed by atoms with Crippen molar-refractivity contribution in [1.82, 2.24) is 19.9 Å². The first-order valence-corrected chi connectivity index (χ1v) is 13.7. The second kappa shape index (κ2) is 9.04. The van der Waals surface area contributed by atoms with Crippen molar-refractivity contribution in [3.63, 3.8) is 0 Å². The van der Waals surface area contributed by atoms with E-state index in [4.69, 9.17) is 15.0 Å². The Balaban J connectivity index is 1.37. The van der Waals surface area contributed by atoms with Gasteiger partial charge in [0, 0.05) is 30.8 Å². The van der Waals surface area contributed by atoms with Crippen molar-refractivity contribution in [2.75, 3.05) is 17.2 Å². The first kappa shape index (κ1) is 22.2.